The van der Waals surface area contributed by atoms with Gasteiger partial charge in [0.1, 0.15) is 0 Å². The van der Waals surface area contributed by atoms with Crippen molar-refractivity contribution in [1.29, 1.82) is 0 Å². The van der Waals surface area contributed by atoms with Crippen LogP contribution < -0.4 is 15.8 Å². The molecule has 3 N–H and O–H groups in total. The van der Waals surface area contributed by atoms with Crippen LogP contribution in [-0.4, -0.2) is 63.2 Å². The number of amides is 2. The van der Waals surface area contributed by atoms with E-state index in [1.165, 1.54) is 27.9 Å². The van der Waals surface area contributed by atoms with E-state index in [0.717, 1.165) is 12.0 Å². The number of aromatic nitrogens is 2. The zero-order chi connectivity index (χ0) is 31.0. The summed E-state index contributed by atoms with van der Waals surface area (Å²) in [6.07, 6.45) is 4.75. The van der Waals surface area contributed by atoms with Crippen LogP contribution in [0, 0.1) is 0 Å². The molecule has 0 spiro atoms. The second-order valence-electron chi connectivity index (χ2n) is 11.4. The normalized spacial score (nSPS) is 14.4. The number of rotatable bonds is 9. The molecule has 0 bridgehead atoms. The van der Waals surface area contributed by atoms with Crippen molar-refractivity contribution < 1.29 is 19.8 Å². The molecule has 4 aromatic rings. The zero-order valence-electron chi connectivity index (χ0n) is 24.8. The molecule has 3 aromatic carbocycles. The number of aliphatic hydroxyl groups excluding tert-OH is 2. The molecule has 2 heterocycles. The highest BCUT2D eigenvalue weighted by atomic mass is 16.3. The summed E-state index contributed by atoms with van der Waals surface area (Å²) in [6, 6.07) is 18.3. The summed E-state index contributed by atoms with van der Waals surface area (Å²) in [4.78, 5) is 47.0. The van der Waals surface area contributed by atoms with E-state index in [2.05, 4.69) is 22.4 Å². The van der Waals surface area contributed by atoms with Crippen molar-refractivity contribution in [2.24, 2.45) is 7.05 Å². The quantitative estimate of drug-likeness (QED) is 0.269. The Labute approximate surface area is 255 Å². The third-order valence-corrected chi connectivity index (χ3v) is 8.38. The molecule has 1 aromatic heterocycles. The molecule has 10 heteroatoms. The third-order valence-electron chi connectivity index (χ3n) is 8.38. The van der Waals surface area contributed by atoms with Crippen LogP contribution in [0.25, 0.3) is 11.3 Å². The minimum atomic E-state index is -0.355. The fraction of sp³-hybridized carbons (Fsp3) is 0.294. The predicted octanol–water partition coefficient (Wildman–Crippen LogP) is 3.83. The largest absolute Gasteiger partial charge is 0.395 e. The van der Waals surface area contributed by atoms with Crippen molar-refractivity contribution in [3.05, 3.63) is 105 Å². The fourth-order valence-corrected chi connectivity index (χ4v) is 5.76. The Morgan fingerprint density at radius 1 is 1.05 bits per heavy atom. The topological polar surface area (TPSA) is 128 Å². The Balaban J connectivity index is 1.29. The molecule has 2 aliphatic rings. The molecule has 0 saturated heterocycles. The van der Waals surface area contributed by atoms with Crippen LogP contribution in [0.4, 0.5) is 17.2 Å². The molecule has 2 amide bonds. The first-order valence-electron chi connectivity index (χ1n) is 14.8. The summed E-state index contributed by atoms with van der Waals surface area (Å²) in [5.74, 6) is 0.371. The molecule has 44 heavy (non-hydrogen) atoms. The number of aryl methyl sites for hydroxylation is 1. The van der Waals surface area contributed by atoms with E-state index in [4.69, 9.17) is 5.11 Å². The minimum Gasteiger partial charge on any atom is -0.395 e. The van der Waals surface area contributed by atoms with Gasteiger partial charge in [-0.25, -0.2) is 4.98 Å². The molecule has 1 saturated carbocycles. The van der Waals surface area contributed by atoms with E-state index in [0.29, 0.717) is 51.8 Å². The number of carbonyl (C=O) groups excluding carboxylic acids is 2. The maximum absolute atomic E-state index is 13.7. The number of likely N-dealkylation sites (N-methyl/N-ethyl adjacent to an activating group) is 1. The van der Waals surface area contributed by atoms with Crippen LogP contribution in [0.2, 0.25) is 0 Å². The molecule has 226 valence electrons. The Kier molecular flexibility index (Phi) is 8.03. The van der Waals surface area contributed by atoms with Crippen molar-refractivity contribution in [2.75, 3.05) is 37.0 Å². The van der Waals surface area contributed by atoms with Crippen LogP contribution in [-0.2, 0) is 20.1 Å². The lowest BCUT2D eigenvalue weighted by molar-refractivity contribution is 0.0767. The number of fused-ring (bicyclic) bond motifs is 1. The van der Waals surface area contributed by atoms with Gasteiger partial charge in [0.2, 0.25) is 0 Å². The first-order chi connectivity index (χ1) is 21.3. The average molecular weight is 594 g/mol. The molecule has 0 unspecified atom stereocenters. The van der Waals surface area contributed by atoms with Gasteiger partial charge < -0.3 is 29.9 Å². The highest BCUT2D eigenvalue weighted by molar-refractivity contribution is 6.09. The summed E-state index contributed by atoms with van der Waals surface area (Å²) >= 11 is 0. The second kappa shape index (κ2) is 12.1. The van der Waals surface area contributed by atoms with E-state index in [1.807, 2.05) is 24.3 Å². The van der Waals surface area contributed by atoms with Crippen LogP contribution in [0.1, 0.15) is 56.2 Å². The molecule has 6 rings (SSSR count). The molecule has 0 atom stereocenters. The molecule has 10 nitrogen and oxygen atoms in total. The van der Waals surface area contributed by atoms with Gasteiger partial charge in [-0.2, -0.15) is 0 Å². The van der Waals surface area contributed by atoms with E-state index in [-0.39, 0.29) is 43.0 Å². The Bertz CT molecular complexity index is 1800. The highest BCUT2D eigenvalue weighted by Crippen LogP contribution is 2.41. The van der Waals surface area contributed by atoms with Crippen molar-refractivity contribution in [1.82, 2.24) is 14.5 Å². The molecule has 1 fully saturated rings. The lowest BCUT2D eigenvalue weighted by atomic mass is 9.93. The van der Waals surface area contributed by atoms with Crippen molar-refractivity contribution in [3.63, 3.8) is 0 Å². The fourth-order valence-electron chi connectivity index (χ4n) is 5.76. The highest BCUT2D eigenvalue weighted by Gasteiger charge is 2.30. The molecular formula is C34H35N5O5. The van der Waals surface area contributed by atoms with E-state index < -0.39 is 0 Å². The molecule has 0 radical (unpaired) electrons. The summed E-state index contributed by atoms with van der Waals surface area (Å²) in [7, 11) is 3.24. The Morgan fingerprint density at radius 2 is 1.82 bits per heavy atom. The van der Waals surface area contributed by atoms with Crippen LogP contribution in [0.3, 0.4) is 0 Å². The Hall–Kier alpha value is -4.80. The standard InChI is InChI=1S/C34H35N5O5/c1-37(16-17-40)32(42)22-8-11-25(12-9-22)35-31-34(44)38(2)19-29(36-31)27-4-3-5-30(28(27)20-41)39-15-14-24-18-23(21-6-7-21)10-13-26(24)33(39)43/h3-5,8-13,18-19,21,40-41H,6-7,14-17,20H2,1-2H3,(H,35,36). The minimum absolute atomic E-state index is 0.0743. The first kappa shape index (κ1) is 29.3. The lowest BCUT2D eigenvalue weighted by Crippen LogP contribution is -2.38. The van der Waals surface area contributed by atoms with E-state index in [9.17, 15) is 19.5 Å². The third kappa shape index (κ3) is 5.61. The summed E-state index contributed by atoms with van der Waals surface area (Å²) < 4.78 is 1.42. The van der Waals surface area contributed by atoms with Gasteiger partial charge in [0.15, 0.2) is 5.82 Å². The van der Waals surface area contributed by atoms with Crippen LogP contribution in [0.15, 0.2) is 71.7 Å². The van der Waals surface area contributed by atoms with E-state index >= 15 is 0 Å². The summed E-state index contributed by atoms with van der Waals surface area (Å²) in [6.45, 7) is 0.273. The first-order valence-corrected chi connectivity index (χ1v) is 14.8. The second-order valence-corrected chi connectivity index (χ2v) is 11.4. The monoisotopic (exact) mass is 593 g/mol. The van der Waals surface area contributed by atoms with Crippen molar-refractivity contribution in [2.45, 2.75) is 31.8 Å². The summed E-state index contributed by atoms with van der Waals surface area (Å²) in [5.41, 5.74) is 5.95. The van der Waals surface area contributed by atoms with Crippen molar-refractivity contribution >= 4 is 29.0 Å². The van der Waals surface area contributed by atoms with Gasteiger partial charge in [0.05, 0.1) is 24.6 Å². The van der Waals surface area contributed by atoms with Gasteiger partial charge in [0.25, 0.3) is 17.4 Å². The van der Waals surface area contributed by atoms with Crippen LogP contribution >= 0.6 is 0 Å². The average Bonchev–Trinajstić information content (AvgIpc) is 3.89. The van der Waals surface area contributed by atoms with Gasteiger partial charge in [0, 0.05) is 61.3 Å². The number of anilines is 3. The van der Waals surface area contributed by atoms with Crippen molar-refractivity contribution in [3.8, 4) is 11.3 Å². The van der Waals surface area contributed by atoms with Gasteiger partial charge in [-0.05, 0) is 72.7 Å². The number of carbonyl (C=O) groups is 2. The zero-order valence-corrected chi connectivity index (χ0v) is 24.8. The van der Waals surface area contributed by atoms with Gasteiger partial charge in [-0.3, -0.25) is 14.4 Å². The molecule has 1 aliphatic heterocycles. The van der Waals surface area contributed by atoms with Gasteiger partial charge >= 0.3 is 0 Å². The van der Waals surface area contributed by atoms with Gasteiger partial charge in [-0.1, -0.05) is 24.3 Å². The number of aliphatic hydroxyl groups is 2. The SMILES string of the molecule is CN(CCO)C(=O)c1ccc(Nc2nc(-c3cccc(N4CCc5cc(C6CC6)ccc5C4=O)c3CO)cn(C)c2=O)cc1. The van der Waals surface area contributed by atoms with Gasteiger partial charge in [-0.15, -0.1) is 0 Å². The lowest BCUT2D eigenvalue weighted by Gasteiger charge is -2.31. The van der Waals surface area contributed by atoms with Crippen LogP contribution in [0.5, 0.6) is 0 Å². The number of hydrogen-bond acceptors (Lipinski definition) is 7. The predicted molar refractivity (Wildman–Crippen MR) is 168 cm³/mol. The van der Waals surface area contributed by atoms with E-state index in [1.54, 1.807) is 49.5 Å². The number of hydrogen-bond donors (Lipinski definition) is 3. The number of nitrogens with zero attached hydrogens (tertiary/aromatic N) is 4. The summed E-state index contributed by atoms with van der Waals surface area (Å²) in [5, 5.41) is 22.7. The smallest absolute Gasteiger partial charge is 0.293 e. The maximum atomic E-state index is 13.7. The Morgan fingerprint density at radius 3 is 2.52 bits per heavy atom. The number of nitrogens with one attached hydrogen (secondary N) is 1. The maximum Gasteiger partial charge on any atom is 0.293 e. The number of benzene rings is 3. The molecular weight excluding hydrogens is 558 g/mol. The molecule has 1 aliphatic carbocycles.